The maximum atomic E-state index is 13.2. The van der Waals surface area contributed by atoms with Gasteiger partial charge in [-0.25, -0.2) is 9.97 Å². The highest BCUT2D eigenvalue weighted by molar-refractivity contribution is 6.29. The van der Waals surface area contributed by atoms with Gasteiger partial charge < -0.3 is 0 Å². The van der Waals surface area contributed by atoms with E-state index in [0.717, 1.165) is 10.6 Å². The van der Waals surface area contributed by atoms with Gasteiger partial charge in [-0.1, -0.05) is 11.6 Å². The first-order valence-electron chi connectivity index (χ1n) is 7.82. The van der Waals surface area contributed by atoms with Gasteiger partial charge in [0, 0.05) is 18.0 Å². The quantitative estimate of drug-likeness (QED) is 0.601. The molecule has 0 radical (unpaired) electrons. The summed E-state index contributed by atoms with van der Waals surface area (Å²) in [5.41, 5.74) is -0.751. The first kappa shape index (κ1) is 17.0. The average molecular weight is 381 g/mol. The molecule has 0 amide bonds. The molecule has 1 aliphatic rings. The number of ketones is 1. The standard InChI is InChI=1S/C17H12ClF3N4O/c1-16(5-4-10-9(14(16)26)2-3-12(18)24-10)13-15-23-8-11(17(19,20)21)25(15)7-6-22-13/h2-3,6-8H,4-5H2,1H3. The summed E-state index contributed by atoms with van der Waals surface area (Å²) in [5, 5.41) is 0.295. The normalized spacial score (nSPS) is 20.4. The Balaban J connectivity index is 1.89. The largest absolute Gasteiger partial charge is 0.433 e. The minimum absolute atomic E-state index is 0.0287. The van der Waals surface area contributed by atoms with Gasteiger partial charge in [-0.3, -0.25) is 14.2 Å². The maximum absolute atomic E-state index is 13.2. The number of alkyl halides is 3. The van der Waals surface area contributed by atoms with E-state index in [1.165, 1.54) is 18.5 Å². The third-order valence-corrected chi connectivity index (χ3v) is 5.00. The van der Waals surface area contributed by atoms with Crippen LogP contribution in [0.2, 0.25) is 5.15 Å². The van der Waals surface area contributed by atoms with E-state index in [1.807, 2.05) is 0 Å². The van der Waals surface area contributed by atoms with Crippen molar-refractivity contribution in [2.75, 3.05) is 0 Å². The van der Waals surface area contributed by atoms with Crippen LogP contribution in [-0.4, -0.2) is 25.1 Å². The van der Waals surface area contributed by atoms with E-state index in [0.29, 0.717) is 29.3 Å². The fourth-order valence-electron chi connectivity index (χ4n) is 3.40. The van der Waals surface area contributed by atoms with Gasteiger partial charge >= 0.3 is 6.18 Å². The minimum Gasteiger partial charge on any atom is -0.293 e. The minimum atomic E-state index is -4.55. The van der Waals surface area contributed by atoms with E-state index < -0.39 is 17.3 Å². The summed E-state index contributed by atoms with van der Waals surface area (Å²) >= 11 is 5.88. The summed E-state index contributed by atoms with van der Waals surface area (Å²) < 4.78 is 40.4. The van der Waals surface area contributed by atoms with Gasteiger partial charge in [-0.2, -0.15) is 13.2 Å². The molecule has 1 atom stereocenters. The van der Waals surface area contributed by atoms with E-state index in [-0.39, 0.29) is 17.1 Å². The number of carbonyl (C=O) groups excluding carboxylic acids is 1. The molecule has 5 nitrogen and oxygen atoms in total. The van der Waals surface area contributed by atoms with Crippen molar-refractivity contribution in [1.29, 1.82) is 0 Å². The molecule has 26 heavy (non-hydrogen) atoms. The fourth-order valence-corrected chi connectivity index (χ4v) is 3.56. The molecular weight excluding hydrogens is 369 g/mol. The monoisotopic (exact) mass is 380 g/mol. The van der Waals surface area contributed by atoms with Crippen molar-refractivity contribution >= 4 is 23.0 Å². The Kier molecular flexibility index (Phi) is 3.59. The van der Waals surface area contributed by atoms with E-state index >= 15 is 0 Å². The summed E-state index contributed by atoms with van der Waals surface area (Å²) in [4.78, 5) is 25.4. The van der Waals surface area contributed by atoms with Crippen molar-refractivity contribution in [2.24, 2.45) is 0 Å². The number of hydrogen-bond donors (Lipinski definition) is 0. The molecule has 0 fully saturated rings. The zero-order valence-corrected chi connectivity index (χ0v) is 14.3. The molecule has 0 N–H and O–H groups in total. The lowest BCUT2D eigenvalue weighted by molar-refractivity contribution is -0.141. The van der Waals surface area contributed by atoms with E-state index in [1.54, 1.807) is 13.0 Å². The Hall–Kier alpha value is -2.48. The first-order chi connectivity index (χ1) is 12.2. The van der Waals surface area contributed by atoms with Crippen molar-refractivity contribution in [3.63, 3.8) is 0 Å². The Morgan fingerprint density at radius 2 is 2.04 bits per heavy atom. The van der Waals surface area contributed by atoms with Crippen LogP contribution in [0.15, 0.2) is 30.7 Å². The lowest BCUT2D eigenvalue weighted by Crippen LogP contribution is -2.39. The summed E-state index contributed by atoms with van der Waals surface area (Å²) in [7, 11) is 0. The van der Waals surface area contributed by atoms with Crippen LogP contribution in [0.3, 0.4) is 0 Å². The lowest BCUT2D eigenvalue weighted by Gasteiger charge is -2.32. The molecule has 0 bridgehead atoms. The van der Waals surface area contributed by atoms with Crippen LogP contribution in [0.25, 0.3) is 5.65 Å². The zero-order chi connectivity index (χ0) is 18.7. The van der Waals surface area contributed by atoms with Gasteiger partial charge in [-0.15, -0.1) is 0 Å². The van der Waals surface area contributed by atoms with Gasteiger partial charge in [0.25, 0.3) is 0 Å². The number of Topliss-reactive ketones (excluding diaryl/α,β-unsaturated/α-hetero) is 1. The number of pyridine rings is 1. The first-order valence-corrected chi connectivity index (χ1v) is 8.19. The predicted molar refractivity (Wildman–Crippen MR) is 87.2 cm³/mol. The second-order valence-electron chi connectivity index (χ2n) is 6.40. The molecule has 1 unspecified atom stereocenters. The SMILES string of the molecule is CC1(c2nccn3c(C(F)(F)F)cnc23)CCc2nc(Cl)ccc2C1=O. The third kappa shape index (κ3) is 2.39. The van der Waals surface area contributed by atoms with Crippen LogP contribution in [0.1, 0.15) is 40.8 Å². The lowest BCUT2D eigenvalue weighted by atomic mass is 9.71. The van der Waals surface area contributed by atoms with Crippen LogP contribution in [-0.2, 0) is 18.0 Å². The van der Waals surface area contributed by atoms with Crippen LogP contribution in [0.5, 0.6) is 0 Å². The summed E-state index contributed by atoms with van der Waals surface area (Å²) in [5.74, 6) is -0.250. The van der Waals surface area contributed by atoms with Crippen molar-refractivity contribution in [1.82, 2.24) is 19.4 Å². The summed E-state index contributed by atoms with van der Waals surface area (Å²) in [6, 6.07) is 3.12. The molecular formula is C17H12ClF3N4O. The molecule has 4 rings (SSSR count). The fraction of sp³-hybridized carbons (Fsp3) is 0.294. The van der Waals surface area contributed by atoms with Gasteiger partial charge in [0.2, 0.25) is 0 Å². The molecule has 3 aromatic heterocycles. The number of rotatable bonds is 1. The smallest absolute Gasteiger partial charge is 0.293 e. The van der Waals surface area contributed by atoms with Crippen molar-refractivity contribution in [3.05, 3.63) is 58.5 Å². The van der Waals surface area contributed by atoms with Gasteiger partial charge in [0.15, 0.2) is 11.4 Å². The summed E-state index contributed by atoms with van der Waals surface area (Å²) in [6.07, 6.45) is -0.524. The number of aromatic nitrogens is 4. The Morgan fingerprint density at radius 3 is 2.77 bits per heavy atom. The van der Waals surface area contributed by atoms with Crippen molar-refractivity contribution < 1.29 is 18.0 Å². The number of aryl methyl sites for hydroxylation is 1. The number of imidazole rings is 1. The second-order valence-corrected chi connectivity index (χ2v) is 6.79. The average Bonchev–Trinajstić information content (AvgIpc) is 3.02. The zero-order valence-electron chi connectivity index (χ0n) is 13.5. The Bertz CT molecular complexity index is 1050. The Labute approximate surface area is 150 Å². The topological polar surface area (TPSA) is 60.1 Å². The Morgan fingerprint density at radius 1 is 1.27 bits per heavy atom. The number of fused-ring (bicyclic) bond motifs is 2. The molecule has 9 heteroatoms. The molecule has 3 heterocycles. The molecule has 0 saturated carbocycles. The molecule has 1 aliphatic carbocycles. The highest BCUT2D eigenvalue weighted by Gasteiger charge is 2.44. The number of hydrogen-bond acceptors (Lipinski definition) is 4. The van der Waals surface area contributed by atoms with Crippen LogP contribution in [0, 0.1) is 0 Å². The van der Waals surface area contributed by atoms with Crippen molar-refractivity contribution in [3.8, 4) is 0 Å². The van der Waals surface area contributed by atoms with Gasteiger partial charge in [0.1, 0.15) is 10.8 Å². The molecule has 0 aliphatic heterocycles. The van der Waals surface area contributed by atoms with Gasteiger partial charge in [-0.05, 0) is 31.9 Å². The molecule has 0 spiro atoms. The predicted octanol–water partition coefficient (Wildman–Crippen LogP) is 3.88. The highest BCUT2D eigenvalue weighted by atomic mass is 35.5. The van der Waals surface area contributed by atoms with Crippen molar-refractivity contribution in [2.45, 2.75) is 31.4 Å². The maximum Gasteiger partial charge on any atom is 0.433 e. The van der Waals surface area contributed by atoms with E-state index in [2.05, 4.69) is 15.0 Å². The number of nitrogens with zero attached hydrogens (tertiary/aromatic N) is 4. The highest BCUT2D eigenvalue weighted by Crippen LogP contribution is 2.39. The van der Waals surface area contributed by atoms with Gasteiger partial charge in [0.05, 0.1) is 23.0 Å². The number of halogens is 4. The summed E-state index contributed by atoms with van der Waals surface area (Å²) in [6.45, 7) is 1.68. The molecule has 3 aromatic rings. The molecule has 134 valence electrons. The molecule has 0 saturated heterocycles. The van der Waals surface area contributed by atoms with E-state index in [4.69, 9.17) is 11.6 Å². The van der Waals surface area contributed by atoms with Crippen LogP contribution in [0.4, 0.5) is 13.2 Å². The third-order valence-electron chi connectivity index (χ3n) is 4.79. The second kappa shape index (κ2) is 5.51. The van der Waals surface area contributed by atoms with Crippen LogP contribution >= 0.6 is 11.6 Å². The molecule has 0 aromatic carbocycles. The van der Waals surface area contributed by atoms with E-state index in [9.17, 15) is 18.0 Å². The van der Waals surface area contributed by atoms with Crippen LogP contribution < -0.4 is 0 Å². The number of carbonyl (C=O) groups is 1.